The Morgan fingerprint density at radius 2 is 2.23 bits per heavy atom. The van der Waals surface area contributed by atoms with Gasteiger partial charge in [-0.25, -0.2) is 12.7 Å². The SMILES string of the molecule is CCNC[C@H]1CCN(S(C)(=O)=O)C1. The quantitative estimate of drug-likeness (QED) is 0.697. The molecule has 5 heteroatoms. The molecule has 0 aromatic rings. The summed E-state index contributed by atoms with van der Waals surface area (Å²) in [6.07, 6.45) is 2.27. The van der Waals surface area contributed by atoms with Crippen molar-refractivity contribution >= 4 is 10.0 Å². The summed E-state index contributed by atoms with van der Waals surface area (Å²) in [7, 11) is -2.95. The van der Waals surface area contributed by atoms with E-state index in [1.165, 1.54) is 6.26 Å². The van der Waals surface area contributed by atoms with Gasteiger partial charge in [-0.2, -0.15) is 0 Å². The van der Waals surface area contributed by atoms with Crippen LogP contribution in [-0.2, 0) is 10.0 Å². The molecule has 1 atom stereocenters. The molecular formula is C8H18N2O2S. The van der Waals surface area contributed by atoms with Gasteiger partial charge in [-0.05, 0) is 25.4 Å². The van der Waals surface area contributed by atoms with Gasteiger partial charge in [0.2, 0.25) is 10.0 Å². The van der Waals surface area contributed by atoms with Crippen molar-refractivity contribution in [3.63, 3.8) is 0 Å². The van der Waals surface area contributed by atoms with Crippen LogP contribution < -0.4 is 5.32 Å². The molecule has 78 valence electrons. The van der Waals surface area contributed by atoms with Crippen LogP contribution in [-0.4, -0.2) is 45.2 Å². The summed E-state index contributed by atoms with van der Waals surface area (Å²) in [4.78, 5) is 0. The third-order valence-corrected chi connectivity index (χ3v) is 3.67. The molecule has 13 heavy (non-hydrogen) atoms. The lowest BCUT2D eigenvalue weighted by molar-refractivity contribution is 0.451. The molecule has 0 aliphatic carbocycles. The molecule has 0 saturated carbocycles. The second-order valence-electron chi connectivity index (χ2n) is 3.58. The summed E-state index contributed by atoms with van der Waals surface area (Å²) >= 11 is 0. The average molecular weight is 206 g/mol. The Kier molecular flexibility index (Phi) is 3.70. The maximum atomic E-state index is 11.2. The summed E-state index contributed by atoms with van der Waals surface area (Å²) in [5.74, 6) is 0.495. The summed E-state index contributed by atoms with van der Waals surface area (Å²) in [6, 6.07) is 0. The van der Waals surface area contributed by atoms with Gasteiger partial charge in [-0.1, -0.05) is 6.92 Å². The van der Waals surface area contributed by atoms with Gasteiger partial charge in [0.15, 0.2) is 0 Å². The molecule has 0 spiro atoms. The van der Waals surface area contributed by atoms with Crippen molar-refractivity contribution in [3.05, 3.63) is 0 Å². The van der Waals surface area contributed by atoms with Gasteiger partial charge in [0, 0.05) is 13.1 Å². The van der Waals surface area contributed by atoms with Crippen LogP contribution >= 0.6 is 0 Å². The molecule has 0 bridgehead atoms. The number of hydrogen-bond donors (Lipinski definition) is 1. The molecule has 0 aromatic carbocycles. The minimum Gasteiger partial charge on any atom is -0.317 e. The van der Waals surface area contributed by atoms with Crippen LogP contribution in [0.2, 0.25) is 0 Å². The highest BCUT2D eigenvalue weighted by Gasteiger charge is 2.27. The van der Waals surface area contributed by atoms with Crippen LogP contribution in [0.25, 0.3) is 0 Å². The van der Waals surface area contributed by atoms with E-state index in [-0.39, 0.29) is 0 Å². The van der Waals surface area contributed by atoms with Crippen LogP contribution in [0.15, 0.2) is 0 Å². The van der Waals surface area contributed by atoms with Crippen LogP contribution in [0.3, 0.4) is 0 Å². The zero-order chi connectivity index (χ0) is 9.90. The molecule has 4 nitrogen and oxygen atoms in total. The predicted molar refractivity (Wildman–Crippen MR) is 53.1 cm³/mol. The number of rotatable bonds is 4. The van der Waals surface area contributed by atoms with Gasteiger partial charge in [0.05, 0.1) is 6.26 Å². The molecular weight excluding hydrogens is 188 g/mol. The molecule has 1 saturated heterocycles. The fourth-order valence-electron chi connectivity index (χ4n) is 1.61. The predicted octanol–water partition coefficient (Wildman–Crippen LogP) is -0.123. The Balaban J connectivity index is 2.37. The van der Waals surface area contributed by atoms with Crippen molar-refractivity contribution in [3.8, 4) is 0 Å². The van der Waals surface area contributed by atoms with E-state index in [1.54, 1.807) is 4.31 Å². The first-order valence-corrected chi connectivity index (χ1v) is 6.54. The van der Waals surface area contributed by atoms with E-state index in [1.807, 2.05) is 0 Å². The van der Waals surface area contributed by atoms with E-state index in [0.717, 1.165) is 19.5 Å². The highest BCUT2D eigenvalue weighted by atomic mass is 32.2. The standard InChI is InChI=1S/C8H18N2O2S/c1-3-9-6-8-4-5-10(7-8)13(2,11)12/h8-9H,3-7H2,1-2H3/t8-/m1/s1. The van der Waals surface area contributed by atoms with E-state index in [0.29, 0.717) is 19.0 Å². The molecule has 1 fully saturated rings. The molecule has 1 aliphatic rings. The third-order valence-electron chi connectivity index (χ3n) is 2.40. The second-order valence-corrected chi connectivity index (χ2v) is 5.57. The van der Waals surface area contributed by atoms with Gasteiger partial charge in [-0.15, -0.1) is 0 Å². The van der Waals surface area contributed by atoms with Crippen LogP contribution in [0.1, 0.15) is 13.3 Å². The number of hydrogen-bond acceptors (Lipinski definition) is 3. The van der Waals surface area contributed by atoms with Crippen molar-refractivity contribution in [1.29, 1.82) is 0 Å². The van der Waals surface area contributed by atoms with E-state index < -0.39 is 10.0 Å². The molecule has 0 amide bonds. The fourth-order valence-corrected chi connectivity index (χ4v) is 2.53. The van der Waals surface area contributed by atoms with E-state index in [2.05, 4.69) is 12.2 Å². The summed E-state index contributed by atoms with van der Waals surface area (Å²) in [5, 5.41) is 3.24. The Morgan fingerprint density at radius 1 is 1.54 bits per heavy atom. The topological polar surface area (TPSA) is 49.4 Å². The van der Waals surface area contributed by atoms with Gasteiger partial charge in [0.1, 0.15) is 0 Å². The van der Waals surface area contributed by atoms with E-state index in [4.69, 9.17) is 0 Å². The average Bonchev–Trinajstić information content (AvgIpc) is 2.47. The molecule has 0 unspecified atom stereocenters. The fraction of sp³-hybridized carbons (Fsp3) is 1.00. The zero-order valence-electron chi connectivity index (χ0n) is 8.28. The Hall–Kier alpha value is -0.130. The number of sulfonamides is 1. The minimum absolute atomic E-state index is 0.495. The van der Waals surface area contributed by atoms with Crippen molar-refractivity contribution in [2.45, 2.75) is 13.3 Å². The van der Waals surface area contributed by atoms with Crippen LogP contribution in [0.5, 0.6) is 0 Å². The lowest BCUT2D eigenvalue weighted by atomic mass is 10.1. The van der Waals surface area contributed by atoms with E-state index in [9.17, 15) is 8.42 Å². The molecule has 0 radical (unpaired) electrons. The first-order chi connectivity index (χ1) is 6.04. The lowest BCUT2D eigenvalue weighted by Gasteiger charge is -2.13. The zero-order valence-corrected chi connectivity index (χ0v) is 9.10. The maximum Gasteiger partial charge on any atom is 0.211 e. The normalized spacial score (nSPS) is 25.2. The van der Waals surface area contributed by atoms with Crippen LogP contribution in [0, 0.1) is 5.92 Å². The molecule has 1 rings (SSSR count). The smallest absolute Gasteiger partial charge is 0.211 e. The second kappa shape index (κ2) is 4.39. The first-order valence-electron chi connectivity index (χ1n) is 4.70. The van der Waals surface area contributed by atoms with E-state index >= 15 is 0 Å². The van der Waals surface area contributed by atoms with Crippen molar-refractivity contribution in [1.82, 2.24) is 9.62 Å². The largest absolute Gasteiger partial charge is 0.317 e. The first kappa shape index (κ1) is 10.9. The molecule has 1 aliphatic heterocycles. The monoisotopic (exact) mass is 206 g/mol. The third kappa shape index (κ3) is 3.25. The summed E-state index contributed by atoms with van der Waals surface area (Å²) in [5.41, 5.74) is 0. The minimum atomic E-state index is -2.95. The molecule has 0 aromatic heterocycles. The maximum absolute atomic E-state index is 11.2. The van der Waals surface area contributed by atoms with Crippen LogP contribution in [0.4, 0.5) is 0 Å². The Bertz CT molecular complexity index is 251. The highest BCUT2D eigenvalue weighted by Crippen LogP contribution is 2.17. The summed E-state index contributed by atoms with van der Waals surface area (Å²) < 4.78 is 23.9. The summed E-state index contributed by atoms with van der Waals surface area (Å²) in [6.45, 7) is 5.32. The van der Waals surface area contributed by atoms with Crippen molar-refractivity contribution in [2.24, 2.45) is 5.92 Å². The highest BCUT2D eigenvalue weighted by molar-refractivity contribution is 7.88. The molecule has 1 heterocycles. The van der Waals surface area contributed by atoms with Gasteiger partial charge in [0.25, 0.3) is 0 Å². The molecule has 1 N–H and O–H groups in total. The van der Waals surface area contributed by atoms with Gasteiger partial charge >= 0.3 is 0 Å². The lowest BCUT2D eigenvalue weighted by Crippen LogP contribution is -2.30. The Morgan fingerprint density at radius 3 is 2.69 bits per heavy atom. The van der Waals surface area contributed by atoms with Crippen molar-refractivity contribution < 1.29 is 8.42 Å². The number of nitrogens with zero attached hydrogens (tertiary/aromatic N) is 1. The van der Waals surface area contributed by atoms with Crippen molar-refractivity contribution in [2.75, 3.05) is 32.4 Å². The Labute approximate surface area is 80.4 Å². The number of nitrogens with one attached hydrogen (secondary N) is 1. The van der Waals surface area contributed by atoms with Gasteiger partial charge < -0.3 is 5.32 Å². The van der Waals surface area contributed by atoms with Gasteiger partial charge in [-0.3, -0.25) is 0 Å².